The van der Waals surface area contributed by atoms with Gasteiger partial charge in [-0.1, -0.05) is 5.16 Å². The summed E-state index contributed by atoms with van der Waals surface area (Å²) in [5.41, 5.74) is 3.89. The average Bonchev–Trinajstić information content (AvgIpc) is 3.50. The van der Waals surface area contributed by atoms with Gasteiger partial charge in [-0.25, -0.2) is 4.39 Å². The normalized spacial score (nSPS) is 14.4. The number of aromatic nitrogens is 1. The summed E-state index contributed by atoms with van der Waals surface area (Å²) in [6.07, 6.45) is 1.77. The Morgan fingerprint density at radius 3 is 2.56 bits per heavy atom. The van der Waals surface area contributed by atoms with Crippen LogP contribution in [-0.4, -0.2) is 32.3 Å². The van der Waals surface area contributed by atoms with Crippen molar-refractivity contribution in [3.05, 3.63) is 59.2 Å². The van der Waals surface area contributed by atoms with E-state index in [1.165, 1.54) is 12.1 Å². The fourth-order valence-electron chi connectivity index (χ4n) is 4.25. The molecule has 34 heavy (non-hydrogen) atoms. The number of rotatable bonds is 7. The average molecular weight is 464 g/mol. The Morgan fingerprint density at radius 1 is 1.21 bits per heavy atom. The Bertz CT molecular complexity index is 1370. The summed E-state index contributed by atoms with van der Waals surface area (Å²) in [4.78, 5) is 12.9. The minimum absolute atomic E-state index is 0.315. The minimum Gasteiger partial charge on any atom is -0.496 e. The SMILES string of the molecule is CNC(=O)c1c(-c2ccc(F)cc2)oc2cc(-c3c(C4CC4)noc3C(C)OC)c(OC)cc12. The van der Waals surface area contributed by atoms with Gasteiger partial charge in [-0.05, 0) is 56.2 Å². The molecule has 2 heterocycles. The molecule has 1 fully saturated rings. The highest BCUT2D eigenvalue weighted by molar-refractivity contribution is 6.12. The zero-order valence-electron chi connectivity index (χ0n) is 19.4. The maximum absolute atomic E-state index is 13.5. The highest BCUT2D eigenvalue weighted by Gasteiger charge is 2.35. The fraction of sp³-hybridized carbons (Fsp3) is 0.308. The summed E-state index contributed by atoms with van der Waals surface area (Å²) in [6, 6.07) is 9.47. The van der Waals surface area contributed by atoms with E-state index in [-0.39, 0.29) is 17.8 Å². The molecule has 1 aliphatic carbocycles. The number of hydrogen-bond donors (Lipinski definition) is 1. The topological polar surface area (TPSA) is 86.7 Å². The molecule has 0 aliphatic heterocycles. The van der Waals surface area contributed by atoms with E-state index < -0.39 is 0 Å². The van der Waals surface area contributed by atoms with Crippen LogP contribution in [0.2, 0.25) is 0 Å². The summed E-state index contributed by atoms with van der Waals surface area (Å²) < 4.78 is 36.8. The first-order valence-corrected chi connectivity index (χ1v) is 11.1. The van der Waals surface area contributed by atoms with Crippen molar-refractivity contribution >= 4 is 16.9 Å². The van der Waals surface area contributed by atoms with Crippen LogP contribution in [-0.2, 0) is 4.74 Å². The molecule has 4 aromatic rings. The second-order valence-electron chi connectivity index (χ2n) is 8.40. The Hall–Kier alpha value is -3.65. The molecule has 0 bridgehead atoms. The predicted octanol–water partition coefficient (Wildman–Crippen LogP) is 5.85. The Kier molecular flexibility index (Phi) is 5.61. The van der Waals surface area contributed by atoms with E-state index in [9.17, 15) is 9.18 Å². The lowest BCUT2D eigenvalue weighted by molar-refractivity contribution is 0.0936. The molecule has 1 amide bonds. The lowest BCUT2D eigenvalue weighted by atomic mass is 9.96. The van der Waals surface area contributed by atoms with E-state index in [4.69, 9.17) is 18.4 Å². The van der Waals surface area contributed by atoms with Crippen LogP contribution < -0.4 is 10.1 Å². The van der Waals surface area contributed by atoms with Crippen molar-refractivity contribution in [3.63, 3.8) is 0 Å². The zero-order valence-corrected chi connectivity index (χ0v) is 19.4. The third-order valence-electron chi connectivity index (χ3n) is 6.27. The van der Waals surface area contributed by atoms with Gasteiger partial charge < -0.3 is 23.7 Å². The third-order valence-corrected chi connectivity index (χ3v) is 6.27. The van der Waals surface area contributed by atoms with Crippen molar-refractivity contribution in [2.75, 3.05) is 21.3 Å². The second kappa shape index (κ2) is 8.61. The smallest absolute Gasteiger partial charge is 0.255 e. The van der Waals surface area contributed by atoms with Crippen molar-refractivity contribution < 1.29 is 27.6 Å². The van der Waals surface area contributed by atoms with Gasteiger partial charge in [0, 0.05) is 36.6 Å². The van der Waals surface area contributed by atoms with Crippen LogP contribution in [0, 0.1) is 5.82 Å². The molecule has 0 radical (unpaired) electrons. The second-order valence-corrected chi connectivity index (χ2v) is 8.40. The largest absolute Gasteiger partial charge is 0.496 e. The van der Waals surface area contributed by atoms with Crippen molar-refractivity contribution in [2.45, 2.75) is 31.8 Å². The van der Waals surface area contributed by atoms with Gasteiger partial charge in [-0.15, -0.1) is 0 Å². The number of ether oxygens (including phenoxy) is 2. The number of carbonyl (C=O) groups excluding carboxylic acids is 1. The van der Waals surface area contributed by atoms with Gasteiger partial charge in [0.05, 0.1) is 23.9 Å². The molecule has 1 unspecified atom stereocenters. The number of halogens is 1. The van der Waals surface area contributed by atoms with Crippen molar-refractivity contribution in [1.29, 1.82) is 0 Å². The van der Waals surface area contributed by atoms with Crippen LogP contribution in [0.1, 0.15) is 53.6 Å². The van der Waals surface area contributed by atoms with Crippen molar-refractivity contribution in [3.8, 4) is 28.2 Å². The predicted molar refractivity (Wildman–Crippen MR) is 124 cm³/mol. The van der Waals surface area contributed by atoms with Gasteiger partial charge in [0.2, 0.25) is 0 Å². The van der Waals surface area contributed by atoms with Gasteiger partial charge in [-0.3, -0.25) is 4.79 Å². The molecular weight excluding hydrogens is 439 g/mol. The van der Waals surface area contributed by atoms with E-state index in [1.807, 2.05) is 13.0 Å². The van der Waals surface area contributed by atoms with Crippen LogP contribution in [0.4, 0.5) is 4.39 Å². The zero-order chi connectivity index (χ0) is 24.0. The molecule has 176 valence electrons. The van der Waals surface area contributed by atoms with E-state index in [0.717, 1.165) is 29.7 Å². The summed E-state index contributed by atoms with van der Waals surface area (Å²) in [5, 5.41) is 7.62. The van der Waals surface area contributed by atoms with E-state index in [2.05, 4.69) is 10.5 Å². The number of amides is 1. The molecule has 8 heteroatoms. The molecule has 2 aromatic carbocycles. The van der Waals surface area contributed by atoms with Crippen LogP contribution in [0.3, 0.4) is 0 Å². The van der Waals surface area contributed by atoms with Crippen molar-refractivity contribution in [2.24, 2.45) is 0 Å². The minimum atomic E-state index is -0.370. The van der Waals surface area contributed by atoms with Crippen LogP contribution in [0.15, 0.2) is 45.3 Å². The molecule has 7 nitrogen and oxygen atoms in total. The van der Waals surface area contributed by atoms with E-state index in [1.54, 1.807) is 39.5 Å². The molecule has 0 saturated heterocycles. The van der Waals surface area contributed by atoms with E-state index in [0.29, 0.717) is 45.3 Å². The first kappa shape index (κ1) is 22.2. The molecule has 5 rings (SSSR count). The quantitative estimate of drug-likeness (QED) is 0.369. The summed E-state index contributed by atoms with van der Waals surface area (Å²) in [7, 11) is 4.75. The van der Waals surface area contributed by atoms with Crippen LogP contribution >= 0.6 is 0 Å². The molecule has 1 aliphatic rings. The number of nitrogens with zero attached hydrogens (tertiary/aromatic N) is 1. The number of methoxy groups -OCH3 is 2. The lowest BCUT2D eigenvalue weighted by Gasteiger charge is -2.13. The summed E-state index contributed by atoms with van der Waals surface area (Å²) in [6.45, 7) is 1.90. The maximum atomic E-state index is 13.5. The van der Waals surface area contributed by atoms with Gasteiger partial charge in [0.25, 0.3) is 5.91 Å². The summed E-state index contributed by atoms with van der Waals surface area (Å²) >= 11 is 0. The van der Waals surface area contributed by atoms with Crippen molar-refractivity contribution in [1.82, 2.24) is 10.5 Å². The standard InChI is InChI=1S/C26H25FN2O5/c1-13(31-3)24-21(23(29-34-24)14-5-6-14)17-12-20-18(11-19(17)32-4)22(26(30)28-2)25(33-20)15-7-9-16(27)10-8-15/h7-14H,5-6H2,1-4H3,(H,28,30). The maximum Gasteiger partial charge on any atom is 0.255 e. The number of hydrogen-bond acceptors (Lipinski definition) is 6. The number of fused-ring (bicyclic) bond motifs is 1. The van der Waals surface area contributed by atoms with Gasteiger partial charge in [0.15, 0.2) is 5.76 Å². The Labute approximate surface area is 195 Å². The highest BCUT2D eigenvalue weighted by Crippen LogP contribution is 2.49. The lowest BCUT2D eigenvalue weighted by Crippen LogP contribution is -2.18. The first-order valence-electron chi connectivity index (χ1n) is 11.1. The molecule has 1 atom stereocenters. The van der Waals surface area contributed by atoms with Crippen LogP contribution in [0.25, 0.3) is 33.4 Å². The number of benzene rings is 2. The van der Waals surface area contributed by atoms with E-state index >= 15 is 0 Å². The first-order chi connectivity index (χ1) is 16.5. The molecule has 1 saturated carbocycles. The number of nitrogens with one attached hydrogen (secondary N) is 1. The molecule has 1 N–H and O–H groups in total. The Morgan fingerprint density at radius 2 is 1.94 bits per heavy atom. The van der Waals surface area contributed by atoms with Gasteiger partial charge >= 0.3 is 0 Å². The van der Waals surface area contributed by atoms with Gasteiger partial charge in [-0.2, -0.15) is 0 Å². The molecular formula is C26H25FN2O5. The fourth-order valence-corrected chi connectivity index (χ4v) is 4.25. The molecule has 2 aromatic heterocycles. The Balaban J connectivity index is 1.77. The third kappa shape index (κ3) is 3.64. The highest BCUT2D eigenvalue weighted by atomic mass is 19.1. The van der Waals surface area contributed by atoms with Crippen LogP contribution in [0.5, 0.6) is 5.75 Å². The number of carbonyl (C=O) groups is 1. The number of furan rings is 1. The summed E-state index contributed by atoms with van der Waals surface area (Å²) in [5.74, 6) is 1.16. The monoisotopic (exact) mass is 464 g/mol. The molecule has 0 spiro atoms. The van der Waals surface area contributed by atoms with Gasteiger partial charge in [0.1, 0.15) is 29.0 Å².